The SMILES string of the molecule is CC(C)(C1CCc2c(cccc2C(=O)O)N1)C(F)(F)F. The van der Waals surface area contributed by atoms with E-state index in [0.29, 0.717) is 17.7 Å². The standard InChI is InChI=1S/C14H16F3NO2/c1-13(2,14(15,16)17)11-7-6-8-9(12(19)20)4-3-5-10(8)18-11/h3-5,11,18H,6-7H2,1-2H3,(H,19,20). The molecule has 2 rings (SSSR count). The van der Waals surface area contributed by atoms with E-state index < -0.39 is 23.6 Å². The first-order valence-corrected chi connectivity index (χ1v) is 6.33. The number of hydrogen-bond donors (Lipinski definition) is 2. The largest absolute Gasteiger partial charge is 0.478 e. The van der Waals surface area contributed by atoms with Crippen LogP contribution < -0.4 is 5.32 Å². The Morgan fingerprint density at radius 1 is 1.35 bits per heavy atom. The van der Waals surface area contributed by atoms with Gasteiger partial charge in [-0.05, 0) is 44.4 Å². The van der Waals surface area contributed by atoms with E-state index in [0.717, 1.165) is 13.8 Å². The summed E-state index contributed by atoms with van der Waals surface area (Å²) >= 11 is 0. The van der Waals surface area contributed by atoms with E-state index in [2.05, 4.69) is 5.32 Å². The molecule has 110 valence electrons. The fourth-order valence-electron chi connectivity index (χ4n) is 2.48. The summed E-state index contributed by atoms with van der Waals surface area (Å²) in [6.07, 6.45) is -3.73. The Bertz CT molecular complexity index is 538. The van der Waals surface area contributed by atoms with Gasteiger partial charge in [0.2, 0.25) is 0 Å². The van der Waals surface area contributed by atoms with E-state index >= 15 is 0 Å². The lowest BCUT2D eigenvalue weighted by Crippen LogP contribution is -2.48. The monoisotopic (exact) mass is 287 g/mol. The first kappa shape index (κ1) is 14.7. The summed E-state index contributed by atoms with van der Waals surface area (Å²) in [5.74, 6) is -1.06. The molecule has 20 heavy (non-hydrogen) atoms. The van der Waals surface area contributed by atoms with Crippen molar-refractivity contribution in [3.05, 3.63) is 29.3 Å². The van der Waals surface area contributed by atoms with Crippen molar-refractivity contribution >= 4 is 11.7 Å². The topological polar surface area (TPSA) is 49.3 Å². The molecule has 1 aromatic carbocycles. The third-order valence-electron chi connectivity index (χ3n) is 4.02. The predicted octanol–water partition coefficient (Wildman–Crippen LogP) is 3.70. The number of nitrogens with one attached hydrogen (secondary N) is 1. The second-order valence-electron chi connectivity index (χ2n) is 5.59. The van der Waals surface area contributed by atoms with Gasteiger partial charge in [-0.2, -0.15) is 13.2 Å². The average Bonchev–Trinajstić information content (AvgIpc) is 2.35. The maximum atomic E-state index is 13.1. The van der Waals surface area contributed by atoms with Gasteiger partial charge >= 0.3 is 12.1 Å². The van der Waals surface area contributed by atoms with Crippen LogP contribution in [0.5, 0.6) is 0 Å². The summed E-state index contributed by atoms with van der Waals surface area (Å²) in [6.45, 7) is 2.33. The van der Waals surface area contributed by atoms with Gasteiger partial charge in [0.1, 0.15) is 0 Å². The molecule has 1 heterocycles. The van der Waals surface area contributed by atoms with Gasteiger partial charge in [-0.1, -0.05) is 6.07 Å². The molecular formula is C14H16F3NO2. The number of carbonyl (C=O) groups is 1. The molecule has 2 N–H and O–H groups in total. The molecular weight excluding hydrogens is 271 g/mol. The summed E-state index contributed by atoms with van der Waals surface area (Å²) in [4.78, 5) is 11.1. The summed E-state index contributed by atoms with van der Waals surface area (Å²) in [5, 5.41) is 11.9. The summed E-state index contributed by atoms with van der Waals surface area (Å²) in [5.41, 5.74) is -0.657. The molecule has 0 bridgehead atoms. The van der Waals surface area contributed by atoms with Gasteiger partial charge in [0.25, 0.3) is 0 Å². The van der Waals surface area contributed by atoms with Gasteiger partial charge in [0, 0.05) is 11.7 Å². The normalized spacial score (nSPS) is 19.1. The van der Waals surface area contributed by atoms with E-state index in [1.54, 1.807) is 6.07 Å². The van der Waals surface area contributed by atoms with Crippen molar-refractivity contribution in [3.8, 4) is 0 Å². The summed E-state index contributed by atoms with van der Waals surface area (Å²) in [7, 11) is 0. The van der Waals surface area contributed by atoms with Crippen LogP contribution in [0.15, 0.2) is 18.2 Å². The maximum absolute atomic E-state index is 13.1. The van der Waals surface area contributed by atoms with Crippen LogP contribution in [0.25, 0.3) is 0 Å². The molecule has 0 spiro atoms. The zero-order valence-electron chi connectivity index (χ0n) is 11.2. The van der Waals surface area contributed by atoms with Crippen LogP contribution in [0.2, 0.25) is 0 Å². The Morgan fingerprint density at radius 3 is 2.55 bits per heavy atom. The minimum absolute atomic E-state index is 0.151. The molecule has 1 atom stereocenters. The maximum Gasteiger partial charge on any atom is 0.395 e. The van der Waals surface area contributed by atoms with Gasteiger partial charge in [-0.25, -0.2) is 4.79 Å². The fourth-order valence-corrected chi connectivity index (χ4v) is 2.48. The van der Waals surface area contributed by atoms with Crippen LogP contribution in [0.1, 0.15) is 36.2 Å². The third-order valence-corrected chi connectivity index (χ3v) is 4.02. The first-order valence-electron chi connectivity index (χ1n) is 6.33. The van der Waals surface area contributed by atoms with Crippen LogP contribution in [-0.2, 0) is 6.42 Å². The molecule has 1 aromatic rings. The second kappa shape index (κ2) is 4.68. The lowest BCUT2D eigenvalue weighted by atomic mass is 9.78. The lowest BCUT2D eigenvalue weighted by Gasteiger charge is -2.40. The molecule has 0 fully saturated rings. The third kappa shape index (κ3) is 2.34. The minimum atomic E-state index is -4.31. The van der Waals surface area contributed by atoms with E-state index in [9.17, 15) is 18.0 Å². The highest BCUT2D eigenvalue weighted by Crippen LogP contribution is 2.44. The van der Waals surface area contributed by atoms with E-state index in [-0.39, 0.29) is 12.0 Å². The highest BCUT2D eigenvalue weighted by atomic mass is 19.4. The van der Waals surface area contributed by atoms with Crippen molar-refractivity contribution in [2.75, 3.05) is 5.32 Å². The van der Waals surface area contributed by atoms with E-state index in [4.69, 9.17) is 5.11 Å². The van der Waals surface area contributed by atoms with Gasteiger partial charge in [0.15, 0.2) is 0 Å². The Kier molecular flexibility index (Phi) is 3.44. The van der Waals surface area contributed by atoms with E-state index in [1.807, 2.05) is 0 Å². The quantitative estimate of drug-likeness (QED) is 0.872. The highest BCUT2D eigenvalue weighted by molar-refractivity contribution is 5.91. The molecule has 0 amide bonds. The molecule has 6 heteroatoms. The Morgan fingerprint density at radius 2 is 2.00 bits per heavy atom. The second-order valence-corrected chi connectivity index (χ2v) is 5.59. The van der Waals surface area contributed by atoms with Crippen molar-refractivity contribution in [3.63, 3.8) is 0 Å². The lowest BCUT2D eigenvalue weighted by molar-refractivity contribution is -0.217. The molecule has 3 nitrogen and oxygen atoms in total. The zero-order valence-corrected chi connectivity index (χ0v) is 11.2. The van der Waals surface area contributed by atoms with Crippen LogP contribution >= 0.6 is 0 Å². The Hall–Kier alpha value is -1.72. The van der Waals surface area contributed by atoms with Crippen LogP contribution in [0.3, 0.4) is 0 Å². The van der Waals surface area contributed by atoms with Crippen LogP contribution in [-0.4, -0.2) is 23.3 Å². The van der Waals surface area contributed by atoms with Crippen LogP contribution in [0.4, 0.5) is 18.9 Å². The van der Waals surface area contributed by atoms with Crippen molar-refractivity contribution in [2.24, 2.45) is 5.41 Å². The predicted molar refractivity (Wildman–Crippen MR) is 69.0 cm³/mol. The minimum Gasteiger partial charge on any atom is -0.478 e. The van der Waals surface area contributed by atoms with Gasteiger partial charge in [-0.3, -0.25) is 0 Å². The summed E-state index contributed by atoms with van der Waals surface area (Å²) in [6, 6.07) is 3.87. The number of aromatic carboxylic acids is 1. The molecule has 0 aliphatic carbocycles. The average molecular weight is 287 g/mol. The number of carboxylic acid groups (broad SMARTS) is 1. The van der Waals surface area contributed by atoms with E-state index in [1.165, 1.54) is 12.1 Å². The van der Waals surface area contributed by atoms with Gasteiger partial charge in [-0.15, -0.1) is 0 Å². The number of anilines is 1. The molecule has 1 aliphatic rings. The van der Waals surface area contributed by atoms with Crippen molar-refractivity contribution in [1.29, 1.82) is 0 Å². The van der Waals surface area contributed by atoms with Crippen molar-refractivity contribution in [2.45, 2.75) is 38.9 Å². The molecule has 0 aromatic heterocycles. The van der Waals surface area contributed by atoms with Crippen LogP contribution in [0, 0.1) is 5.41 Å². The fraction of sp³-hybridized carbons (Fsp3) is 0.500. The highest BCUT2D eigenvalue weighted by Gasteiger charge is 2.52. The van der Waals surface area contributed by atoms with Crippen molar-refractivity contribution in [1.82, 2.24) is 0 Å². The molecule has 0 saturated carbocycles. The number of rotatable bonds is 2. The zero-order chi connectivity index (χ0) is 15.1. The number of fused-ring (bicyclic) bond motifs is 1. The molecule has 1 unspecified atom stereocenters. The number of hydrogen-bond acceptors (Lipinski definition) is 2. The Balaban J connectivity index is 2.33. The molecule has 0 saturated heterocycles. The Labute approximate surface area is 114 Å². The number of benzene rings is 1. The van der Waals surface area contributed by atoms with Crippen molar-refractivity contribution < 1.29 is 23.1 Å². The smallest absolute Gasteiger partial charge is 0.395 e. The van der Waals surface area contributed by atoms with Gasteiger partial charge < -0.3 is 10.4 Å². The molecule has 0 radical (unpaired) electrons. The van der Waals surface area contributed by atoms with Gasteiger partial charge in [0.05, 0.1) is 11.0 Å². The molecule has 1 aliphatic heterocycles. The number of alkyl halides is 3. The summed E-state index contributed by atoms with van der Waals surface area (Å²) < 4.78 is 39.2. The first-order chi connectivity index (χ1) is 9.14. The number of halogens is 3. The number of carboxylic acids is 1.